The highest BCUT2D eigenvalue weighted by Gasteiger charge is 2.41. The first kappa shape index (κ1) is 19.2. The summed E-state index contributed by atoms with van der Waals surface area (Å²) in [5, 5.41) is 7.39. The topological polar surface area (TPSA) is 24.1 Å². The second kappa shape index (κ2) is 8.49. The monoisotopic (exact) mass is 366 g/mol. The van der Waals surface area contributed by atoms with Crippen molar-refractivity contribution in [1.29, 1.82) is 0 Å². The molecule has 0 bridgehead atoms. The highest BCUT2D eigenvalue weighted by molar-refractivity contribution is 5.81. The molecule has 2 N–H and O–H groups in total. The average molecular weight is 367 g/mol. The fraction of sp³-hybridized carbons (Fsp3) is 0.680. The highest BCUT2D eigenvalue weighted by Crippen LogP contribution is 2.51. The summed E-state index contributed by atoms with van der Waals surface area (Å²) in [6.45, 7) is 8.64. The molecule has 0 amide bonds. The molecule has 2 saturated carbocycles. The first-order chi connectivity index (χ1) is 13.3. The SMILES string of the molecule is CCNCC1(CNCC)C=C(C2CCCC2)c2c(C3CCCC3)cccc21. The van der Waals surface area contributed by atoms with Crippen molar-refractivity contribution in [3.05, 3.63) is 41.0 Å². The zero-order chi connectivity index (χ0) is 18.7. The molecule has 0 atom stereocenters. The smallest absolute Gasteiger partial charge is 0.0393 e. The van der Waals surface area contributed by atoms with Crippen molar-refractivity contribution < 1.29 is 0 Å². The number of hydrogen-bond acceptors (Lipinski definition) is 2. The summed E-state index contributed by atoms with van der Waals surface area (Å²) < 4.78 is 0. The summed E-state index contributed by atoms with van der Waals surface area (Å²) in [5.41, 5.74) is 6.79. The van der Waals surface area contributed by atoms with E-state index in [1.54, 1.807) is 22.3 Å². The molecule has 148 valence electrons. The first-order valence-corrected chi connectivity index (χ1v) is 11.6. The van der Waals surface area contributed by atoms with E-state index in [0.717, 1.165) is 38.0 Å². The number of benzene rings is 1. The molecule has 1 aromatic carbocycles. The van der Waals surface area contributed by atoms with E-state index in [1.807, 2.05) is 0 Å². The third-order valence-electron chi connectivity index (χ3n) is 7.32. The van der Waals surface area contributed by atoms with Gasteiger partial charge in [0.25, 0.3) is 0 Å². The third kappa shape index (κ3) is 3.63. The van der Waals surface area contributed by atoms with Gasteiger partial charge in [-0.3, -0.25) is 0 Å². The van der Waals surface area contributed by atoms with Gasteiger partial charge in [-0.2, -0.15) is 0 Å². The van der Waals surface area contributed by atoms with Crippen molar-refractivity contribution in [2.24, 2.45) is 5.92 Å². The van der Waals surface area contributed by atoms with E-state index in [9.17, 15) is 0 Å². The Bertz CT molecular complexity index is 655. The molecule has 0 aromatic heterocycles. The summed E-state index contributed by atoms with van der Waals surface area (Å²) >= 11 is 0. The van der Waals surface area contributed by atoms with E-state index in [1.165, 1.54) is 51.4 Å². The van der Waals surface area contributed by atoms with Gasteiger partial charge in [-0.15, -0.1) is 0 Å². The molecule has 1 aromatic rings. The molecule has 4 rings (SSSR count). The molecule has 2 heteroatoms. The molecular weight excluding hydrogens is 328 g/mol. The van der Waals surface area contributed by atoms with Gasteiger partial charge in [0.2, 0.25) is 0 Å². The summed E-state index contributed by atoms with van der Waals surface area (Å²) in [7, 11) is 0. The van der Waals surface area contributed by atoms with Crippen LogP contribution in [-0.4, -0.2) is 26.2 Å². The largest absolute Gasteiger partial charge is 0.316 e. The van der Waals surface area contributed by atoms with Crippen LogP contribution >= 0.6 is 0 Å². The van der Waals surface area contributed by atoms with Gasteiger partial charge < -0.3 is 10.6 Å². The summed E-state index contributed by atoms with van der Waals surface area (Å²) in [4.78, 5) is 0. The first-order valence-electron chi connectivity index (χ1n) is 11.6. The van der Waals surface area contributed by atoms with E-state index in [2.05, 4.69) is 48.8 Å². The molecule has 3 aliphatic carbocycles. The molecule has 0 saturated heterocycles. The van der Waals surface area contributed by atoms with Gasteiger partial charge in [-0.1, -0.05) is 63.8 Å². The Morgan fingerprint density at radius 3 is 2.04 bits per heavy atom. The van der Waals surface area contributed by atoms with Gasteiger partial charge in [0.15, 0.2) is 0 Å². The van der Waals surface area contributed by atoms with Gasteiger partial charge in [0, 0.05) is 18.5 Å². The summed E-state index contributed by atoms with van der Waals surface area (Å²) in [5.74, 6) is 1.58. The van der Waals surface area contributed by atoms with Crippen LogP contribution in [-0.2, 0) is 5.41 Å². The molecule has 0 heterocycles. The average Bonchev–Trinajstić information content (AvgIpc) is 3.45. The Labute approximate surface area is 166 Å². The van der Waals surface area contributed by atoms with Crippen LogP contribution in [0.3, 0.4) is 0 Å². The van der Waals surface area contributed by atoms with Crippen molar-refractivity contribution in [2.75, 3.05) is 26.2 Å². The maximum Gasteiger partial charge on any atom is 0.0393 e. The van der Waals surface area contributed by atoms with Gasteiger partial charge in [-0.05, 0) is 72.9 Å². The van der Waals surface area contributed by atoms with E-state index < -0.39 is 0 Å². The number of nitrogens with one attached hydrogen (secondary N) is 2. The third-order valence-corrected chi connectivity index (χ3v) is 7.32. The molecule has 3 aliphatic rings. The van der Waals surface area contributed by atoms with Crippen LogP contribution in [0.4, 0.5) is 0 Å². The number of allylic oxidation sites excluding steroid dienone is 1. The Hall–Kier alpha value is -1.12. The lowest BCUT2D eigenvalue weighted by Gasteiger charge is -2.30. The number of fused-ring (bicyclic) bond motifs is 1. The Morgan fingerprint density at radius 1 is 0.852 bits per heavy atom. The second-order valence-electron chi connectivity index (χ2n) is 9.05. The van der Waals surface area contributed by atoms with Crippen molar-refractivity contribution in [2.45, 2.75) is 76.5 Å². The number of rotatable bonds is 8. The molecule has 0 spiro atoms. The van der Waals surface area contributed by atoms with Crippen LogP contribution in [0.1, 0.15) is 87.8 Å². The van der Waals surface area contributed by atoms with Crippen LogP contribution in [0.25, 0.3) is 5.57 Å². The van der Waals surface area contributed by atoms with Crippen LogP contribution in [0, 0.1) is 5.92 Å². The van der Waals surface area contributed by atoms with Crippen molar-refractivity contribution in [3.63, 3.8) is 0 Å². The molecule has 0 aliphatic heterocycles. The lowest BCUT2D eigenvalue weighted by atomic mass is 9.79. The minimum atomic E-state index is 0.119. The lowest BCUT2D eigenvalue weighted by molar-refractivity contribution is 0.458. The fourth-order valence-electron chi connectivity index (χ4n) is 5.94. The molecular formula is C25H38N2. The molecule has 2 fully saturated rings. The van der Waals surface area contributed by atoms with Crippen molar-refractivity contribution in [3.8, 4) is 0 Å². The van der Waals surface area contributed by atoms with Gasteiger partial charge in [0.1, 0.15) is 0 Å². The maximum absolute atomic E-state index is 3.70. The predicted octanol–water partition coefficient (Wildman–Crippen LogP) is 5.39. The highest BCUT2D eigenvalue weighted by atomic mass is 14.9. The maximum atomic E-state index is 3.70. The summed E-state index contributed by atoms with van der Waals surface area (Å²) in [6, 6.07) is 7.26. The zero-order valence-electron chi connectivity index (χ0n) is 17.4. The van der Waals surface area contributed by atoms with E-state index in [0.29, 0.717) is 0 Å². The standard InChI is InChI=1S/C25H38N2/c1-3-26-17-25(18-27-4-2)16-22(20-12-7-8-13-20)24-21(14-9-15-23(24)25)19-10-5-6-11-19/h9,14-16,19-20,26-27H,3-8,10-13,17-18H2,1-2H3. The predicted molar refractivity (Wildman–Crippen MR) is 116 cm³/mol. The van der Waals surface area contributed by atoms with E-state index in [4.69, 9.17) is 0 Å². The lowest BCUT2D eigenvalue weighted by Crippen LogP contribution is -2.44. The Kier molecular flexibility index (Phi) is 6.04. The fourth-order valence-corrected chi connectivity index (χ4v) is 5.94. The molecule has 27 heavy (non-hydrogen) atoms. The van der Waals surface area contributed by atoms with Crippen molar-refractivity contribution >= 4 is 5.57 Å². The minimum Gasteiger partial charge on any atom is -0.316 e. The van der Waals surface area contributed by atoms with Crippen LogP contribution in [0.5, 0.6) is 0 Å². The van der Waals surface area contributed by atoms with Crippen LogP contribution in [0.2, 0.25) is 0 Å². The molecule has 2 nitrogen and oxygen atoms in total. The quantitative estimate of drug-likeness (QED) is 0.645. The van der Waals surface area contributed by atoms with Gasteiger partial charge >= 0.3 is 0 Å². The van der Waals surface area contributed by atoms with Crippen LogP contribution in [0.15, 0.2) is 24.3 Å². The normalized spacial score (nSPS) is 22.4. The Morgan fingerprint density at radius 2 is 1.44 bits per heavy atom. The van der Waals surface area contributed by atoms with Gasteiger partial charge in [-0.25, -0.2) is 0 Å². The van der Waals surface area contributed by atoms with Crippen LogP contribution < -0.4 is 10.6 Å². The summed E-state index contributed by atoms with van der Waals surface area (Å²) in [6.07, 6.45) is 13.9. The second-order valence-corrected chi connectivity index (χ2v) is 9.05. The Balaban J connectivity index is 1.81. The number of likely N-dealkylation sites (N-methyl/N-ethyl adjacent to an activating group) is 2. The van der Waals surface area contributed by atoms with E-state index >= 15 is 0 Å². The number of hydrogen-bond donors (Lipinski definition) is 2. The van der Waals surface area contributed by atoms with Crippen molar-refractivity contribution in [1.82, 2.24) is 10.6 Å². The van der Waals surface area contributed by atoms with Gasteiger partial charge in [0.05, 0.1) is 0 Å². The minimum absolute atomic E-state index is 0.119. The van der Waals surface area contributed by atoms with E-state index in [-0.39, 0.29) is 5.41 Å². The zero-order valence-corrected chi connectivity index (χ0v) is 17.4. The molecule has 0 radical (unpaired) electrons. The molecule has 0 unspecified atom stereocenters.